The lowest BCUT2D eigenvalue weighted by molar-refractivity contribution is -0.183. The topological polar surface area (TPSA) is 51.5 Å². The Labute approximate surface area is 188 Å². The number of nitrogens with zero attached hydrogens (tertiary/aromatic N) is 2. The molecule has 0 amide bonds. The molecule has 172 valence electrons. The van der Waals surface area contributed by atoms with Crippen LogP contribution in [-0.2, 0) is 27.7 Å². The van der Waals surface area contributed by atoms with E-state index in [0.717, 1.165) is 25.1 Å². The van der Waals surface area contributed by atoms with Gasteiger partial charge in [0.1, 0.15) is 22.3 Å². The lowest BCUT2D eigenvalue weighted by Gasteiger charge is -2.31. The molecule has 0 N–H and O–H groups in total. The van der Waals surface area contributed by atoms with Crippen LogP contribution in [0.25, 0.3) is 0 Å². The van der Waals surface area contributed by atoms with Crippen LogP contribution in [0.2, 0.25) is 10.3 Å². The zero-order valence-corrected chi connectivity index (χ0v) is 17.8. The van der Waals surface area contributed by atoms with Crippen LogP contribution in [0.5, 0.6) is 0 Å². The van der Waals surface area contributed by atoms with Gasteiger partial charge >= 0.3 is 18.3 Å². The van der Waals surface area contributed by atoms with E-state index in [0.29, 0.717) is 6.07 Å². The van der Waals surface area contributed by atoms with Gasteiger partial charge in [-0.05, 0) is 29.3 Å². The standard InChI is InChI=1S/C20H14Cl2F6N2O2/c1-10(31)32-8-12-3-2-11(4-14(12)19(23,24)25)15-7-18(9-29-15,20(26,27)28)13-5-16(21)30-17(22)6-13/h2-6H,7-9H2,1H3. The van der Waals surface area contributed by atoms with Gasteiger partial charge in [-0.2, -0.15) is 26.3 Å². The molecule has 32 heavy (non-hydrogen) atoms. The van der Waals surface area contributed by atoms with Gasteiger partial charge in [-0.3, -0.25) is 9.79 Å². The lowest BCUT2D eigenvalue weighted by Crippen LogP contribution is -2.43. The molecule has 4 nitrogen and oxygen atoms in total. The number of rotatable bonds is 4. The molecule has 1 aliphatic heterocycles. The number of alkyl halides is 6. The summed E-state index contributed by atoms with van der Waals surface area (Å²) in [5, 5.41) is -0.502. The summed E-state index contributed by atoms with van der Waals surface area (Å²) in [6.45, 7) is -0.334. The minimum atomic E-state index is -4.82. The molecule has 12 heteroatoms. The SMILES string of the molecule is CC(=O)OCc1ccc(C2=NCC(c3cc(Cl)nc(Cl)c3)(C(F)(F)F)C2)cc1C(F)(F)F. The highest BCUT2D eigenvalue weighted by molar-refractivity contribution is 6.32. The number of carbonyl (C=O) groups excluding carboxylic acids is 1. The number of pyridine rings is 1. The summed E-state index contributed by atoms with van der Waals surface area (Å²) in [5.41, 5.74) is -4.54. The largest absolute Gasteiger partial charge is 0.461 e. The van der Waals surface area contributed by atoms with E-state index in [2.05, 4.69) is 14.7 Å². The molecule has 1 aromatic carbocycles. The number of esters is 1. The van der Waals surface area contributed by atoms with E-state index in [1.165, 1.54) is 6.07 Å². The van der Waals surface area contributed by atoms with Crippen LogP contribution >= 0.6 is 23.2 Å². The van der Waals surface area contributed by atoms with E-state index in [9.17, 15) is 31.1 Å². The highest BCUT2D eigenvalue weighted by atomic mass is 35.5. The van der Waals surface area contributed by atoms with E-state index in [1.807, 2.05) is 0 Å². The maximum atomic E-state index is 14.2. The minimum Gasteiger partial charge on any atom is -0.461 e. The normalized spacial score (nSPS) is 19.1. The Morgan fingerprint density at radius 1 is 1.09 bits per heavy atom. The average Bonchev–Trinajstić information content (AvgIpc) is 3.11. The number of halogens is 8. The van der Waals surface area contributed by atoms with Gasteiger partial charge in [0.2, 0.25) is 0 Å². The molecule has 1 atom stereocenters. The first kappa shape index (κ1) is 24.3. The fourth-order valence-corrected chi connectivity index (χ4v) is 3.90. The van der Waals surface area contributed by atoms with Crippen molar-refractivity contribution >= 4 is 34.9 Å². The van der Waals surface area contributed by atoms with Crippen molar-refractivity contribution in [1.29, 1.82) is 0 Å². The van der Waals surface area contributed by atoms with Crippen LogP contribution < -0.4 is 0 Å². The molecular formula is C20H14Cl2F6N2O2. The van der Waals surface area contributed by atoms with Crippen LogP contribution in [0.3, 0.4) is 0 Å². The van der Waals surface area contributed by atoms with E-state index >= 15 is 0 Å². The lowest BCUT2D eigenvalue weighted by atomic mass is 9.77. The van der Waals surface area contributed by atoms with Crippen molar-refractivity contribution in [2.45, 2.75) is 37.7 Å². The van der Waals surface area contributed by atoms with Crippen molar-refractivity contribution in [3.63, 3.8) is 0 Å². The Balaban J connectivity index is 2.02. The first-order valence-corrected chi connectivity index (χ1v) is 9.76. The number of hydrogen-bond donors (Lipinski definition) is 0. The second-order valence-corrected chi connectivity index (χ2v) is 7.95. The molecule has 0 saturated heterocycles. The predicted molar refractivity (Wildman–Crippen MR) is 105 cm³/mol. The molecule has 0 radical (unpaired) electrons. The molecule has 2 aromatic rings. The number of aliphatic imine (C=N–C) groups is 1. The van der Waals surface area contributed by atoms with Crippen molar-refractivity contribution in [3.8, 4) is 0 Å². The number of carbonyl (C=O) groups is 1. The van der Waals surface area contributed by atoms with Gasteiger partial charge in [-0.15, -0.1) is 0 Å². The molecule has 0 saturated carbocycles. The number of hydrogen-bond acceptors (Lipinski definition) is 4. The van der Waals surface area contributed by atoms with Crippen molar-refractivity contribution < 1.29 is 35.9 Å². The molecular weight excluding hydrogens is 485 g/mol. The number of aromatic nitrogens is 1. The van der Waals surface area contributed by atoms with E-state index in [1.54, 1.807) is 0 Å². The van der Waals surface area contributed by atoms with E-state index in [-0.39, 0.29) is 32.7 Å². The van der Waals surface area contributed by atoms with Gasteiger partial charge in [0.25, 0.3) is 0 Å². The smallest absolute Gasteiger partial charge is 0.416 e. The van der Waals surface area contributed by atoms with Crippen LogP contribution in [0.4, 0.5) is 26.3 Å². The van der Waals surface area contributed by atoms with Crippen LogP contribution in [0, 0.1) is 0 Å². The van der Waals surface area contributed by atoms with Gasteiger partial charge in [-0.25, -0.2) is 4.98 Å². The first-order chi connectivity index (χ1) is 14.7. The maximum absolute atomic E-state index is 14.2. The van der Waals surface area contributed by atoms with Crippen LogP contribution in [0.1, 0.15) is 35.6 Å². The minimum absolute atomic E-state index is 0.124. The highest BCUT2D eigenvalue weighted by Crippen LogP contribution is 2.48. The maximum Gasteiger partial charge on any atom is 0.416 e. The highest BCUT2D eigenvalue weighted by Gasteiger charge is 2.58. The summed E-state index contributed by atoms with van der Waals surface area (Å²) < 4.78 is 87.7. The second-order valence-electron chi connectivity index (χ2n) is 7.17. The van der Waals surface area contributed by atoms with Gasteiger partial charge in [0, 0.05) is 24.6 Å². The van der Waals surface area contributed by atoms with Gasteiger partial charge < -0.3 is 4.74 Å². The van der Waals surface area contributed by atoms with Gasteiger partial charge in [-0.1, -0.05) is 35.3 Å². The molecule has 0 fully saturated rings. The van der Waals surface area contributed by atoms with Crippen LogP contribution in [0.15, 0.2) is 35.3 Å². The Bertz CT molecular complexity index is 1060. The average molecular weight is 499 g/mol. The Kier molecular flexibility index (Phi) is 6.50. The Hall–Kier alpha value is -2.33. The molecule has 1 aromatic heterocycles. The predicted octanol–water partition coefficient (Wildman–Crippen LogP) is 6.16. The number of ether oxygens (including phenoxy) is 1. The summed E-state index contributed by atoms with van der Waals surface area (Å²) in [6.07, 6.45) is -10.3. The fraction of sp³-hybridized carbons (Fsp3) is 0.350. The Morgan fingerprint density at radius 3 is 2.25 bits per heavy atom. The van der Waals surface area contributed by atoms with Gasteiger partial charge in [0.15, 0.2) is 0 Å². The first-order valence-electron chi connectivity index (χ1n) is 9.00. The van der Waals surface area contributed by atoms with E-state index in [4.69, 9.17) is 23.2 Å². The third-order valence-corrected chi connectivity index (χ3v) is 5.43. The van der Waals surface area contributed by atoms with Crippen molar-refractivity contribution in [2.75, 3.05) is 6.54 Å². The molecule has 0 bridgehead atoms. The van der Waals surface area contributed by atoms with Gasteiger partial charge in [0.05, 0.1) is 12.1 Å². The summed E-state index contributed by atoms with van der Waals surface area (Å²) in [7, 11) is 0. The summed E-state index contributed by atoms with van der Waals surface area (Å²) in [6, 6.07) is 5.01. The number of benzene rings is 1. The van der Waals surface area contributed by atoms with Crippen molar-refractivity contribution in [2.24, 2.45) is 4.99 Å². The second kappa shape index (κ2) is 8.55. The third-order valence-electron chi connectivity index (χ3n) is 5.05. The van der Waals surface area contributed by atoms with E-state index < -0.39 is 48.9 Å². The zero-order chi connectivity index (χ0) is 23.9. The van der Waals surface area contributed by atoms with Crippen LogP contribution in [-0.4, -0.2) is 29.4 Å². The van der Waals surface area contributed by atoms with Crippen molar-refractivity contribution in [3.05, 3.63) is 62.9 Å². The summed E-state index contributed by atoms with van der Waals surface area (Å²) in [4.78, 5) is 18.5. The summed E-state index contributed by atoms with van der Waals surface area (Å²) in [5.74, 6) is -0.771. The molecule has 1 unspecified atom stereocenters. The molecule has 3 rings (SSSR count). The third kappa shape index (κ3) is 4.85. The monoisotopic (exact) mass is 498 g/mol. The quantitative estimate of drug-likeness (QED) is 0.288. The Morgan fingerprint density at radius 2 is 1.72 bits per heavy atom. The van der Waals surface area contributed by atoms with Crippen molar-refractivity contribution in [1.82, 2.24) is 4.98 Å². The molecule has 1 aliphatic rings. The summed E-state index contributed by atoms with van der Waals surface area (Å²) >= 11 is 11.5. The fourth-order valence-electron chi connectivity index (χ4n) is 3.43. The molecule has 0 aliphatic carbocycles. The molecule has 2 heterocycles. The zero-order valence-electron chi connectivity index (χ0n) is 16.2. The molecule has 0 spiro atoms.